The smallest absolute Gasteiger partial charge is 0.233 e. The van der Waals surface area contributed by atoms with Crippen molar-refractivity contribution < 1.29 is 24.9 Å². The van der Waals surface area contributed by atoms with E-state index in [1.807, 2.05) is 57.2 Å². The summed E-state index contributed by atoms with van der Waals surface area (Å²) in [5.74, 6) is -1.85. The lowest BCUT2D eigenvalue weighted by molar-refractivity contribution is -0.138. The number of aromatic hydroxyl groups is 1. The number of aliphatic hydroxyl groups excluding tert-OH is 2. The molecule has 4 atom stereocenters. The van der Waals surface area contributed by atoms with E-state index in [-0.39, 0.29) is 24.2 Å². The average Bonchev–Trinajstić information content (AvgIpc) is 3.12. The maximum absolute atomic E-state index is 12.9. The largest absolute Gasteiger partial charge is 0.507 e. The Bertz CT molecular complexity index is 1240. The lowest BCUT2D eigenvalue weighted by atomic mass is 9.67. The van der Waals surface area contributed by atoms with Gasteiger partial charge < -0.3 is 15.3 Å². The average molecular weight is 519 g/mol. The van der Waals surface area contributed by atoms with Crippen molar-refractivity contribution in [3.05, 3.63) is 70.1 Å². The number of benzene rings is 1. The number of hydrogen-bond donors (Lipinski definition) is 3. The van der Waals surface area contributed by atoms with Crippen LogP contribution in [0.15, 0.2) is 47.7 Å². The predicted octanol–water partition coefficient (Wildman–Crippen LogP) is 4.43. The number of amides is 2. The molecule has 202 valence electrons. The number of pyridine rings is 1. The third-order valence-corrected chi connectivity index (χ3v) is 8.05. The van der Waals surface area contributed by atoms with Crippen LogP contribution in [-0.4, -0.2) is 56.8 Å². The predicted molar refractivity (Wildman–Crippen MR) is 147 cm³/mol. The Kier molecular flexibility index (Phi) is 8.48. The Hall–Kier alpha value is -3.29. The second-order valence-electron chi connectivity index (χ2n) is 10.6. The van der Waals surface area contributed by atoms with Gasteiger partial charge in [-0.05, 0) is 97.7 Å². The molecule has 2 aliphatic rings. The zero-order chi connectivity index (χ0) is 27.6. The zero-order valence-corrected chi connectivity index (χ0v) is 22.6. The summed E-state index contributed by atoms with van der Waals surface area (Å²) in [6.07, 6.45) is 5.81. The van der Waals surface area contributed by atoms with Crippen molar-refractivity contribution >= 4 is 23.5 Å². The molecule has 38 heavy (non-hydrogen) atoms. The summed E-state index contributed by atoms with van der Waals surface area (Å²) in [5.41, 5.74) is 5.96. The molecule has 2 aromatic rings. The number of carbonyl (C=O) groups excluding carboxylic acids is 2. The maximum Gasteiger partial charge on any atom is 0.233 e. The molecule has 0 saturated carbocycles. The SMILES string of the molecule is CCCC1=C([C@H](O)CC/C(=C/c2cc(C)c(O)c(C)c2)c2ccccn2)[C@H](CO)[C@@H]2C(=O)N(C)C(=O)[C@@H]2C1. The second kappa shape index (κ2) is 11.6. The van der Waals surface area contributed by atoms with Gasteiger partial charge in [-0.2, -0.15) is 0 Å². The van der Waals surface area contributed by atoms with E-state index in [2.05, 4.69) is 4.98 Å². The van der Waals surface area contributed by atoms with Crippen LogP contribution in [0.1, 0.15) is 61.4 Å². The first-order valence-electron chi connectivity index (χ1n) is 13.4. The molecular formula is C31H38N2O5. The highest BCUT2D eigenvalue weighted by molar-refractivity contribution is 6.05. The van der Waals surface area contributed by atoms with Crippen molar-refractivity contribution in [2.24, 2.45) is 17.8 Å². The number of aliphatic hydroxyl groups is 2. The summed E-state index contributed by atoms with van der Waals surface area (Å²) in [6.45, 7) is 5.49. The molecule has 2 amide bonds. The van der Waals surface area contributed by atoms with Crippen molar-refractivity contribution in [2.45, 2.75) is 59.0 Å². The van der Waals surface area contributed by atoms with Crippen molar-refractivity contribution in [1.82, 2.24) is 9.88 Å². The third-order valence-electron chi connectivity index (χ3n) is 8.05. The van der Waals surface area contributed by atoms with E-state index < -0.39 is 23.9 Å². The molecule has 7 nitrogen and oxygen atoms in total. The van der Waals surface area contributed by atoms with E-state index in [1.54, 1.807) is 6.20 Å². The lowest BCUT2D eigenvalue weighted by Crippen LogP contribution is -2.39. The van der Waals surface area contributed by atoms with Gasteiger partial charge in [0.05, 0.1) is 30.2 Å². The highest BCUT2D eigenvalue weighted by Gasteiger charge is 2.53. The molecular weight excluding hydrogens is 480 g/mol. The third kappa shape index (κ3) is 5.31. The highest BCUT2D eigenvalue weighted by atomic mass is 16.3. The summed E-state index contributed by atoms with van der Waals surface area (Å²) >= 11 is 0. The second-order valence-corrected chi connectivity index (χ2v) is 10.6. The van der Waals surface area contributed by atoms with E-state index in [9.17, 15) is 24.9 Å². The molecule has 1 aliphatic heterocycles. The van der Waals surface area contributed by atoms with Crippen LogP contribution < -0.4 is 0 Å². The number of phenolic OH excluding ortho intramolecular Hbond substituents is 1. The fourth-order valence-corrected chi connectivity index (χ4v) is 6.20. The molecule has 1 aromatic heterocycles. The summed E-state index contributed by atoms with van der Waals surface area (Å²) in [5, 5.41) is 32.1. The number of aromatic nitrogens is 1. The molecule has 4 rings (SSSR count). The standard InChI is InChI=1S/C31H38N2O5/c1-5-8-22-16-23-28(31(38)33(4)30(23)37)24(17-34)27(22)26(35)11-10-21(25-9-6-7-12-32-25)15-20-13-18(2)29(36)19(3)14-20/h6-7,9,12-15,23-24,26,28,34-36H,5,8,10-11,16-17H2,1-4H3/b21-15-/t23-,24+,26-,28-/m1/s1. The number of imide groups is 1. The minimum Gasteiger partial charge on any atom is -0.507 e. The Balaban J connectivity index is 1.66. The summed E-state index contributed by atoms with van der Waals surface area (Å²) < 4.78 is 0. The lowest BCUT2D eigenvalue weighted by Gasteiger charge is -2.36. The van der Waals surface area contributed by atoms with Gasteiger partial charge in [0.25, 0.3) is 0 Å². The maximum atomic E-state index is 12.9. The number of rotatable bonds is 9. The fourth-order valence-electron chi connectivity index (χ4n) is 6.20. The molecule has 0 spiro atoms. The highest BCUT2D eigenvalue weighted by Crippen LogP contribution is 2.47. The van der Waals surface area contributed by atoms with Crippen molar-refractivity contribution in [3.63, 3.8) is 0 Å². The minimum atomic E-state index is -0.862. The first-order chi connectivity index (χ1) is 18.2. The van der Waals surface area contributed by atoms with Crippen LogP contribution in [-0.2, 0) is 9.59 Å². The Morgan fingerprint density at radius 1 is 1.18 bits per heavy atom. The molecule has 0 bridgehead atoms. The van der Waals surface area contributed by atoms with Crippen molar-refractivity contribution in [1.29, 1.82) is 0 Å². The first kappa shape index (κ1) is 27.7. The topological polar surface area (TPSA) is 111 Å². The number of likely N-dealkylation sites (tertiary alicyclic amines) is 1. The number of fused-ring (bicyclic) bond motifs is 1. The van der Waals surface area contributed by atoms with Gasteiger partial charge in [-0.3, -0.25) is 19.5 Å². The molecule has 0 unspecified atom stereocenters. The van der Waals surface area contributed by atoms with Gasteiger partial charge >= 0.3 is 0 Å². The Morgan fingerprint density at radius 2 is 1.89 bits per heavy atom. The van der Waals surface area contributed by atoms with Gasteiger partial charge in [0.1, 0.15) is 5.75 Å². The van der Waals surface area contributed by atoms with Crippen molar-refractivity contribution in [2.75, 3.05) is 13.7 Å². The minimum absolute atomic E-state index is 0.194. The van der Waals surface area contributed by atoms with Crippen LogP contribution in [0.5, 0.6) is 5.75 Å². The fraction of sp³-hybridized carbons (Fsp3) is 0.452. The van der Waals surface area contributed by atoms with Crippen molar-refractivity contribution in [3.8, 4) is 5.75 Å². The summed E-state index contributed by atoms with van der Waals surface area (Å²) in [4.78, 5) is 31.4. The van der Waals surface area contributed by atoms with Gasteiger partial charge in [-0.15, -0.1) is 0 Å². The van der Waals surface area contributed by atoms with Gasteiger partial charge in [-0.25, -0.2) is 0 Å². The molecule has 3 N–H and O–H groups in total. The normalized spacial score (nSPS) is 22.7. The number of allylic oxidation sites excluding steroid dienone is 2. The number of hydrogen-bond acceptors (Lipinski definition) is 6. The quantitative estimate of drug-likeness (QED) is 0.335. The molecule has 7 heteroatoms. The van der Waals surface area contributed by atoms with Gasteiger partial charge in [-0.1, -0.05) is 25.0 Å². The summed E-state index contributed by atoms with van der Waals surface area (Å²) in [6, 6.07) is 9.55. The van der Waals surface area contributed by atoms with E-state index >= 15 is 0 Å². The summed E-state index contributed by atoms with van der Waals surface area (Å²) in [7, 11) is 1.50. The first-order valence-corrected chi connectivity index (χ1v) is 13.4. The van der Waals surface area contributed by atoms with Gasteiger partial charge in [0.2, 0.25) is 11.8 Å². The number of nitrogens with zero attached hydrogens (tertiary/aromatic N) is 2. The van der Waals surface area contributed by atoms with Crippen LogP contribution in [0, 0.1) is 31.6 Å². The van der Waals surface area contributed by atoms with Crippen LogP contribution >= 0.6 is 0 Å². The molecule has 1 saturated heterocycles. The Morgan fingerprint density at radius 3 is 2.50 bits per heavy atom. The van der Waals surface area contributed by atoms with Crippen LogP contribution in [0.25, 0.3) is 11.6 Å². The van der Waals surface area contributed by atoms with E-state index in [0.717, 1.165) is 45.5 Å². The molecule has 2 heterocycles. The van der Waals surface area contributed by atoms with Gasteiger partial charge in [0.15, 0.2) is 0 Å². The Labute approximate surface area is 224 Å². The number of carbonyl (C=O) groups is 2. The van der Waals surface area contributed by atoms with E-state index in [4.69, 9.17) is 0 Å². The number of aryl methyl sites for hydroxylation is 2. The zero-order valence-electron chi connectivity index (χ0n) is 22.6. The molecule has 1 aliphatic carbocycles. The molecule has 0 radical (unpaired) electrons. The van der Waals surface area contributed by atoms with Crippen LogP contribution in [0.2, 0.25) is 0 Å². The molecule has 1 fully saturated rings. The monoisotopic (exact) mass is 518 g/mol. The van der Waals surface area contributed by atoms with Gasteiger partial charge in [0, 0.05) is 19.2 Å². The molecule has 1 aromatic carbocycles. The van der Waals surface area contributed by atoms with Crippen LogP contribution in [0.3, 0.4) is 0 Å². The van der Waals surface area contributed by atoms with E-state index in [0.29, 0.717) is 25.7 Å². The number of phenols is 1. The van der Waals surface area contributed by atoms with Crippen LogP contribution in [0.4, 0.5) is 0 Å². The van der Waals surface area contributed by atoms with E-state index in [1.165, 1.54) is 11.9 Å².